The first-order valence-corrected chi connectivity index (χ1v) is 4.75. The summed E-state index contributed by atoms with van der Waals surface area (Å²) in [5.41, 5.74) is 2.69. The van der Waals surface area contributed by atoms with Crippen LogP contribution in [0.4, 0.5) is 0 Å². The Morgan fingerprint density at radius 2 is 2.46 bits per heavy atom. The molecule has 2 nitrogen and oxygen atoms in total. The van der Waals surface area contributed by atoms with Gasteiger partial charge in [-0.3, -0.25) is 4.98 Å². The number of aromatic nitrogens is 1. The number of pyridine rings is 1. The molecular weight excluding hydrogens is 160 g/mol. The Bertz CT molecular complexity index is 282. The Morgan fingerprint density at radius 3 is 3.15 bits per heavy atom. The van der Waals surface area contributed by atoms with Crippen molar-refractivity contribution in [2.45, 2.75) is 12.8 Å². The number of rotatable bonds is 1. The molecule has 0 saturated carbocycles. The summed E-state index contributed by atoms with van der Waals surface area (Å²) in [6.45, 7) is 2.19. The molecule has 1 aliphatic rings. The molecular formula is C11H14N2. The van der Waals surface area contributed by atoms with Crippen LogP contribution in [0.2, 0.25) is 0 Å². The molecule has 1 fully saturated rings. The molecule has 2 rings (SSSR count). The summed E-state index contributed by atoms with van der Waals surface area (Å²) >= 11 is 0. The van der Waals surface area contributed by atoms with Crippen LogP contribution in [0.5, 0.6) is 0 Å². The molecule has 13 heavy (non-hydrogen) atoms. The minimum absolute atomic E-state index is 1.04. The van der Waals surface area contributed by atoms with Gasteiger partial charge in [-0.25, -0.2) is 0 Å². The van der Waals surface area contributed by atoms with Gasteiger partial charge in [0.1, 0.15) is 0 Å². The lowest BCUT2D eigenvalue weighted by Crippen LogP contribution is -2.23. The summed E-state index contributed by atoms with van der Waals surface area (Å²) in [5.74, 6) is 0. The fourth-order valence-corrected chi connectivity index (χ4v) is 1.60. The first kappa shape index (κ1) is 8.45. The summed E-state index contributed by atoms with van der Waals surface area (Å²) in [6.07, 6.45) is 8.43. The number of nitrogens with zero attached hydrogens (tertiary/aromatic N) is 1. The first-order valence-electron chi connectivity index (χ1n) is 4.75. The molecule has 1 N–H and O–H groups in total. The monoisotopic (exact) mass is 174 g/mol. The van der Waals surface area contributed by atoms with Gasteiger partial charge in [-0.15, -0.1) is 0 Å². The number of hydrogen-bond acceptors (Lipinski definition) is 2. The maximum atomic E-state index is 4.09. The SMILES string of the molecule is C(=C1/CCCNC1)/c1cccnc1. The zero-order chi connectivity index (χ0) is 8.93. The van der Waals surface area contributed by atoms with Crippen molar-refractivity contribution in [2.75, 3.05) is 13.1 Å². The maximum Gasteiger partial charge on any atom is 0.0340 e. The molecule has 1 aromatic heterocycles. The zero-order valence-corrected chi connectivity index (χ0v) is 7.66. The van der Waals surface area contributed by atoms with Crippen molar-refractivity contribution < 1.29 is 0 Å². The summed E-state index contributed by atoms with van der Waals surface area (Å²) in [7, 11) is 0. The van der Waals surface area contributed by atoms with Crippen LogP contribution >= 0.6 is 0 Å². The van der Waals surface area contributed by atoms with E-state index in [2.05, 4.69) is 22.4 Å². The van der Waals surface area contributed by atoms with Crippen molar-refractivity contribution in [1.82, 2.24) is 10.3 Å². The lowest BCUT2D eigenvalue weighted by atomic mass is 10.0. The topological polar surface area (TPSA) is 24.9 Å². The summed E-state index contributed by atoms with van der Waals surface area (Å²) in [6, 6.07) is 4.07. The van der Waals surface area contributed by atoms with Gasteiger partial charge in [0.05, 0.1) is 0 Å². The van der Waals surface area contributed by atoms with E-state index in [4.69, 9.17) is 0 Å². The van der Waals surface area contributed by atoms with E-state index in [0.29, 0.717) is 0 Å². The third-order valence-electron chi connectivity index (χ3n) is 2.26. The van der Waals surface area contributed by atoms with Crippen LogP contribution in [0.3, 0.4) is 0 Å². The van der Waals surface area contributed by atoms with Crippen molar-refractivity contribution in [2.24, 2.45) is 0 Å². The molecule has 0 bridgehead atoms. The normalized spacial score (nSPS) is 20.5. The van der Waals surface area contributed by atoms with Gasteiger partial charge < -0.3 is 5.32 Å². The van der Waals surface area contributed by atoms with Gasteiger partial charge in [-0.05, 0) is 31.0 Å². The standard InChI is InChI=1S/C11H14N2/c1-3-10(8-12-5-1)7-11-4-2-6-13-9-11/h1,3,5,7-8,13H,2,4,6,9H2/b11-7+. The van der Waals surface area contributed by atoms with Gasteiger partial charge >= 0.3 is 0 Å². The highest BCUT2D eigenvalue weighted by molar-refractivity contribution is 5.52. The molecule has 2 heteroatoms. The lowest BCUT2D eigenvalue weighted by molar-refractivity contribution is 0.613. The third-order valence-corrected chi connectivity index (χ3v) is 2.26. The number of nitrogens with one attached hydrogen (secondary N) is 1. The second kappa shape index (κ2) is 4.19. The van der Waals surface area contributed by atoms with E-state index >= 15 is 0 Å². The lowest BCUT2D eigenvalue weighted by Gasteiger charge is -2.14. The van der Waals surface area contributed by atoms with Gasteiger partial charge in [0.15, 0.2) is 0 Å². The summed E-state index contributed by atoms with van der Waals surface area (Å²) in [5, 5.41) is 3.37. The highest BCUT2D eigenvalue weighted by atomic mass is 14.9. The molecule has 0 amide bonds. The summed E-state index contributed by atoms with van der Waals surface area (Å²) < 4.78 is 0. The molecule has 0 aliphatic carbocycles. The molecule has 1 aliphatic heterocycles. The minimum atomic E-state index is 1.04. The molecule has 0 unspecified atom stereocenters. The quantitative estimate of drug-likeness (QED) is 0.702. The van der Waals surface area contributed by atoms with Crippen LogP contribution in [-0.2, 0) is 0 Å². The average Bonchev–Trinajstić information content (AvgIpc) is 2.21. The van der Waals surface area contributed by atoms with Crippen molar-refractivity contribution >= 4 is 6.08 Å². The Kier molecular flexibility index (Phi) is 2.72. The molecule has 2 heterocycles. The second-order valence-corrected chi connectivity index (χ2v) is 3.37. The Labute approximate surface area is 78.7 Å². The third kappa shape index (κ3) is 2.39. The predicted molar refractivity (Wildman–Crippen MR) is 54.3 cm³/mol. The summed E-state index contributed by atoms with van der Waals surface area (Å²) in [4.78, 5) is 4.09. The van der Waals surface area contributed by atoms with Crippen LogP contribution in [0.25, 0.3) is 6.08 Å². The molecule has 0 atom stereocenters. The average molecular weight is 174 g/mol. The largest absolute Gasteiger partial charge is 0.313 e. The van der Waals surface area contributed by atoms with Crippen molar-refractivity contribution in [3.63, 3.8) is 0 Å². The fraction of sp³-hybridized carbons (Fsp3) is 0.364. The molecule has 0 spiro atoms. The van der Waals surface area contributed by atoms with Gasteiger partial charge in [0.25, 0.3) is 0 Å². The first-order chi connectivity index (χ1) is 6.45. The smallest absolute Gasteiger partial charge is 0.0340 e. The maximum absolute atomic E-state index is 4.09. The van der Waals surface area contributed by atoms with E-state index < -0.39 is 0 Å². The van der Waals surface area contributed by atoms with Crippen molar-refractivity contribution in [3.8, 4) is 0 Å². The van der Waals surface area contributed by atoms with E-state index in [-0.39, 0.29) is 0 Å². The fourth-order valence-electron chi connectivity index (χ4n) is 1.60. The molecule has 0 aromatic carbocycles. The number of hydrogen-bond donors (Lipinski definition) is 1. The Morgan fingerprint density at radius 1 is 1.46 bits per heavy atom. The van der Waals surface area contributed by atoms with Crippen molar-refractivity contribution in [3.05, 3.63) is 35.7 Å². The van der Waals surface area contributed by atoms with Gasteiger partial charge in [0.2, 0.25) is 0 Å². The highest BCUT2D eigenvalue weighted by Crippen LogP contribution is 2.12. The minimum Gasteiger partial charge on any atom is -0.313 e. The van der Waals surface area contributed by atoms with Crippen LogP contribution in [0.15, 0.2) is 30.1 Å². The molecule has 1 aromatic rings. The van der Waals surface area contributed by atoms with Crippen LogP contribution in [0, 0.1) is 0 Å². The Balaban J connectivity index is 2.10. The van der Waals surface area contributed by atoms with Crippen molar-refractivity contribution in [1.29, 1.82) is 0 Å². The van der Waals surface area contributed by atoms with Crippen LogP contribution < -0.4 is 5.32 Å². The van der Waals surface area contributed by atoms with E-state index in [9.17, 15) is 0 Å². The van der Waals surface area contributed by atoms with E-state index in [1.54, 1.807) is 6.20 Å². The predicted octanol–water partition coefficient (Wildman–Crippen LogP) is 1.85. The van der Waals surface area contributed by atoms with Gasteiger partial charge in [0, 0.05) is 18.9 Å². The van der Waals surface area contributed by atoms with Gasteiger partial charge in [-0.1, -0.05) is 17.7 Å². The van der Waals surface area contributed by atoms with E-state index in [1.165, 1.54) is 24.0 Å². The molecule has 0 radical (unpaired) electrons. The Hall–Kier alpha value is -1.15. The van der Waals surface area contributed by atoms with Crippen LogP contribution in [-0.4, -0.2) is 18.1 Å². The van der Waals surface area contributed by atoms with E-state index in [0.717, 1.165) is 13.1 Å². The van der Waals surface area contributed by atoms with Crippen LogP contribution in [0.1, 0.15) is 18.4 Å². The number of piperidine rings is 1. The second-order valence-electron chi connectivity index (χ2n) is 3.37. The van der Waals surface area contributed by atoms with E-state index in [1.807, 2.05) is 12.3 Å². The molecule has 1 saturated heterocycles. The zero-order valence-electron chi connectivity index (χ0n) is 7.66. The molecule has 68 valence electrons. The highest BCUT2D eigenvalue weighted by Gasteiger charge is 2.03. The van der Waals surface area contributed by atoms with Gasteiger partial charge in [-0.2, -0.15) is 0 Å².